The predicted octanol–water partition coefficient (Wildman–Crippen LogP) is 1.84. The van der Waals surface area contributed by atoms with Crippen LogP contribution < -0.4 is 10.6 Å². The maximum Gasteiger partial charge on any atom is 0.269 e. The Hall–Kier alpha value is -1.63. The van der Waals surface area contributed by atoms with Crippen molar-refractivity contribution in [3.63, 3.8) is 0 Å². The summed E-state index contributed by atoms with van der Waals surface area (Å²) in [6, 6.07) is 5.37. The van der Waals surface area contributed by atoms with Crippen LogP contribution in [0.1, 0.15) is 23.8 Å². The van der Waals surface area contributed by atoms with E-state index in [1.807, 2.05) is 18.3 Å². The highest BCUT2D eigenvalue weighted by atomic mass is 35.5. The summed E-state index contributed by atoms with van der Waals surface area (Å²) in [5.74, 6) is -0.169. The second kappa shape index (κ2) is 11.0. The van der Waals surface area contributed by atoms with Crippen molar-refractivity contribution >= 4 is 30.7 Å². The average Bonchev–Trinajstić information content (AvgIpc) is 3.01. The van der Waals surface area contributed by atoms with E-state index < -0.39 is 0 Å². The Labute approximate surface area is 142 Å². The normalized spacial score (nSPS) is 9.50. The Morgan fingerprint density at radius 2 is 2.05 bits per heavy atom. The molecule has 6 nitrogen and oxygen atoms in total. The molecule has 0 radical (unpaired) electrons. The van der Waals surface area contributed by atoms with Crippen LogP contribution in [0.3, 0.4) is 0 Å². The molecule has 2 N–H and O–H groups in total. The smallest absolute Gasteiger partial charge is 0.269 e. The first kappa shape index (κ1) is 20.4. The fourth-order valence-electron chi connectivity index (χ4n) is 1.76. The standard InChI is InChI=1S/C14H19N5O.2ClH/c1-2-5-15-8-9-17-14(20)13-11-12(4-7-16-13)19-10-3-6-18-19;;/h3-4,6-7,10-11,15H,2,5,8-9H2,1H3,(H,17,20);2*1H. The van der Waals surface area contributed by atoms with Gasteiger partial charge in [0.05, 0.1) is 5.69 Å². The Morgan fingerprint density at radius 3 is 2.73 bits per heavy atom. The molecule has 0 unspecified atom stereocenters. The Kier molecular flexibility index (Phi) is 10.2. The summed E-state index contributed by atoms with van der Waals surface area (Å²) in [7, 11) is 0. The number of amides is 1. The zero-order valence-corrected chi connectivity index (χ0v) is 14.0. The monoisotopic (exact) mass is 345 g/mol. The third-order valence-corrected chi connectivity index (χ3v) is 2.76. The third-order valence-electron chi connectivity index (χ3n) is 2.76. The first-order valence-electron chi connectivity index (χ1n) is 6.76. The molecule has 2 aromatic heterocycles. The summed E-state index contributed by atoms with van der Waals surface area (Å²) in [6.07, 6.45) is 6.22. The molecule has 0 bridgehead atoms. The number of hydrogen-bond donors (Lipinski definition) is 2. The van der Waals surface area contributed by atoms with Crippen LogP contribution in [0.2, 0.25) is 0 Å². The van der Waals surface area contributed by atoms with Gasteiger partial charge in [0.2, 0.25) is 0 Å². The Bertz CT molecular complexity index is 548. The quantitative estimate of drug-likeness (QED) is 0.751. The molecule has 0 spiro atoms. The minimum atomic E-state index is -0.169. The topological polar surface area (TPSA) is 71.8 Å². The maximum absolute atomic E-state index is 12.0. The number of rotatable bonds is 7. The van der Waals surface area contributed by atoms with E-state index in [9.17, 15) is 4.79 Å². The molecule has 22 heavy (non-hydrogen) atoms. The van der Waals surface area contributed by atoms with Crippen molar-refractivity contribution in [3.8, 4) is 5.69 Å². The number of carbonyl (C=O) groups is 1. The van der Waals surface area contributed by atoms with Gasteiger partial charge >= 0.3 is 0 Å². The predicted molar refractivity (Wildman–Crippen MR) is 91.3 cm³/mol. The lowest BCUT2D eigenvalue weighted by Gasteiger charge is -2.07. The SMILES string of the molecule is CCCNCCNC(=O)c1cc(-n2cccn2)ccn1.Cl.Cl. The lowest BCUT2D eigenvalue weighted by Crippen LogP contribution is -2.32. The molecular weight excluding hydrogens is 325 g/mol. The highest BCUT2D eigenvalue weighted by Crippen LogP contribution is 2.06. The van der Waals surface area contributed by atoms with Crippen LogP contribution >= 0.6 is 24.8 Å². The summed E-state index contributed by atoms with van der Waals surface area (Å²) in [6.45, 7) is 4.42. The first-order valence-corrected chi connectivity index (χ1v) is 6.76. The van der Waals surface area contributed by atoms with Gasteiger partial charge in [-0.15, -0.1) is 24.8 Å². The molecular formula is C14H21Cl2N5O. The van der Waals surface area contributed by atoms with Gasteiger partial charge in [0, 0.05) is 31.7 Å². The molecule has 0 aliphatic rings. The fourth-order valence-corrected chi connectivity index (χ4v) is 1.76. The second-order valence-electron chi connectivity index (χ2n) is 4.36. The van der Waals surface area contributed by atoms with Gasteiger partial charge in [-0.25, -0.2) is 4.68 Å². The summed E-state index contributed by atoms with van der Waals surface area (Å²) in [5.41, 5.74) is 1.22. The molecule has 0 aliphatic heterocycles. The minimum absolute atomic E-state index is 0. The van der Waals surface area contributed by atoms with Crippen LogP contribution in [0.5, 0.6) is 0 Å². The number of nitrogens with zero attached hydrogens (tertiary/aromatic N) is 3. The van der Waals surface area contributed by atoms with Gasteiger partial charge in [0.15, 0.2) is 0 Å². The number of halogens is 2. The molecule has 0 atom stereocenters. The molecule has 0 aliphatic carbocycles. The van der Waals surface area contributed by atoms with Crippen molar-refractivity contribution in [3.05, 3.63) is 42.5 Å². The third kappa shape index (κ3) is 6.01. The average molecular weight is 346 g/mol. The largest absolute Gasteiger partial charge is 0.349 e. The maximum atomic E-state index is 12.0. The highest BCUT2D eigenvalue weighted by molar-refractivity contribution is 5.92. The van der Waals surface area contributed by atoms with E-state index in [1.165, 1.54) is 0 Å². The van der Waals surface area contributed by atoms with Gasteiger partial charge in [0.25, 0.3) is 5.91 Å². The lowest BCUT2D eigenvalue weighted by molar-refractivity contribution is 0.0949. The van der Waals surface area contributed by atoms with Crippen LogP contribution in [0.15, 0.2) is 36.8 Å². The Balaban J connectivity index is 0.00000220. The van der Waals surface area contributed by atoms with Crippen LogP contribution in [-0.4, -0.2) is 40.3 Å². The summed E-state index contributed by atoms with van der Waals surface area (Å²) < 4.78 is 1.70. The lowest BCUT2D eigenvalue weighted by atomic mass is 10.3. The molecule has 2 aromatic rings. The van der Waals surface area contributed by atoms with E-state index in [0.29, 0.717) is 12.2 Å². The van der Waals surface area contributed by atoms with Crippen molar-refractivity contribution in [1.82, 2.24) is 25.4 Å². The molecule has 0 fully saturated rings. The molecule has 2 heterocycles. The van der Waals surface area contributed by atoms with Crippen molar-refractivity contribution in [2.45, 2.75) is 13.3 Å². The van der Waals surface area contributed by atoms with Crippen molar-refractivity contribution in [1.29, 1.82) is 0 Å². The van der Waals surface area contributed by atoms with Gasteiger partial charge in [-0.1, -0.05) is 6.92 Å². The zero-order chi connectivity index (χ0) is 14.2. The van der Waals surface area contributed by atoms with E-state index in [2.05, 4.69) is 27.6 Å². The number of nitrogens with one attached hydrogen (secondary N) is 2. The van der Waals surface area contributed by atoms with Gasteiger partial charge in [-0.3, -0.25) is 9.78 Å². The van der Waals surface area contributed by atoms with Crippen molar-refractivity contribution in [2.24, 2.45) is 0 Å². The van der Waals surface area contributed by atoms with E-state index in [1.54, 1.807) is 23.1 Å². The van der Waals surface area contributed by atoms with Crippen LogP contribution in [-0.2, 0) is 0 Å². The highest BCUT2D eigenvalue weighted by Gasteiger charge is 2.07. The van der Waals surface area contributed by atoms with Gasteiger partial charge < -0.3 is 10.6 Å². The van der Waals surface area contributed by atoms with Crippen molar-refractivity contribution < 1.29 is 4.79 Å². The minimum Gasteiger partial charge on any atom is -0.349 e. The molecule has 0 saturated carbocycles. The van der Waals surface area contributed by atoms with Gasteiger partial charge in [-0.2, -0.15) is 5.10 Å². The van der Waals surface area contributed by atoms with Gasteiger partial charge in [0.1, 0.15) is 5.69 Å². The molecule has 122 valence electrons. The van der Waals surface area contributed by atoms with E-state index in [-0.39, 0.29) is 30.7 Å². The summed E-state index contributed by atoms with van der Waals surface area (Å²) >= 11 is 0. The van der Waals surface area contributed by atoms with Crippen LogP contribution in [0.4, 0.5) is 0 Å². The second-order valence-corrected chi connectivity index (χ2v) is 4.36. The molecule has 0 saturated heterocycles. The molecule has 8 heteroatoms. The number of aromatic nitrogens is 3. The zero-order valence-electron chi connectivity index (χ0n) is 12.4. The fraction of sp³-hybridized carbons (Fsp3) is 0.357. The number of hydrogen-bond acceptors (Lipinski definition) is 4. The van der Waals surface area contributed by atoms with E-state index in [0.717, 1.165) is 25.2 Å². The number of carbonyl (C=O) groups excluding carboxylic acids is 1. The molecule has 1 amide bonds. The first-order chi connectivity index (χ1) is 9.81. The molecule has 0 aromatic carbocycles. The summed E-state index contributed by atoms with van der Waals surface area (Å²) in [4.78, 5) is 16.1. The van der Waals surface area contributed by atoms with E-state index in [4.69, 9.17) is 0 Å². The van der Waals surface area contributed by atoms with E-state index >= 15 is 0 Å². The van der Waals surface area contributed by atoms with Gasteiger partial charge in [-0.05, 0) is 31.2 Å². The van der Waals surface area contributed by atoms with Crippen LogP contribution in [0, 0.1) is 0 Å². The van der Waals surface area contributed by atoms with Crippen molar-refractivity contribution in [2.75, 3.05) is 19.6 Å². The number of pyridine rings is 1. The molecule has 2 rings (SSSR count). The summed E-state index contributed by atoms with van der Waals surface area (Å²) in [5, 5.41) is 10.2. The Morgan fingerprint density at radius 1 is 1.23 bits per heavy atom. The van der Waals surface area contributed by atoms with Crippen LogP contribution in [0.25, 0.3) is 5.69 Å².